The molecule has 3 rings (SSSR count). The van der Waals surface area contributed by atoms with Gasteiger partial charge in [-0.2, -0.15) is 0 Å². The molecule has 3 N–H and O–H groups in total. The van der Waals surface area contributed by atoms with Crippen LogP contribution in [0.4, 0.5) is 11.5 Å². The predicted molar refractivity (Wildman–Crippen MR) is 85.6 cm³/mol. The van der Waals surface area contributed by atoms with Gasteiger partial charge in [-0.15, -0.1) is 0 Å². The molecule has 21 heavy (non-hydrogen) atoms. The Morgan fingerprint density at radius 3 is 2.62 bits per heavy atom. The van der Waals surface area contributed by atoms with Gasteiger partial charge in [0.1, 0.15) is 5.82 Å². The summed E-state index contributed by atoms with van der Waals surface area (Å²) < 4.78 is 0. The second-order valence-corrected chi connectivity index (χ2v) is 4.75. The Balaban J connectivity index is 1.77. The third-order valence-corrected chi connectivity index (χ3v) is 3.13. The fourth-order valence-corrected chi connectivity index (χ4v) is 2.08. The molecule has 0 fully saturated rings. The predicted octanol–water partition coefficient (Wildman–Crippen LogP) is 3.34. The van der Waals surface area contributed by atoms with Crippen molar-refractivity contribution in [2.45, 2.75) is 6.54 Å². The van der Waals surface area contributed by atoms with Gasteiger partial charge in [-0.25, -0.2) is 4.98 Å². The van der Waals surface area contributed by atoms with Gasteiger partial charge in [0.25, 0.3) is 0 Å². The van der Waals surface area contributed by atoms with Crippen LogP contribution in [-0.4, -0.2) is 9.97 Å². The second kappa shape index (κ2) is 6.05. The average molecular weight is 276 g/mol. The minimum atomic E-state index is 0.718. The van der Waals surface area contributed by atoms with E-state index in [4.69, 9.17) is 5.73 Å². The number of hydrogen-bond acceptors (Lipinski definition) is 4. The molecule has 0 radical (unpaired) electrons. The molecule has 0 aliphatic carbocycles. The minimum absolute atomic E-state index is 0.718. The van der Waals surface area contributed by atoms with E-state index < -0.39 is 0 Å². The summed E-state index contributed by atoms with van der Waals surface area (Å²) in [7, 11) is 0. The monoisotopic (exact) mass is 276 g/mol. The van der Waals surface area contributed by atoms with Crippen molar-refractivity contribution in [2.75, 3.05) is 11.1 Å². The molecule has 0 amide bonds. The molecule has 4 heteroatoms. The molecule has 104 valence electrons. The summed E-state index contributed by atoms with van der Waals surface area (Å²) in [5.74, 6) is 0.749. The van der Waals surface area contributed by atoms with Crippen molar-refractivity contribution in [3.8, 4) is 11.3 Å². The normalized spacial score (nSPS) is 10.3. The first kappa shape index (κ1) is 13.1. The van der Waals surface area contributed by atoms with E-state index in [1.165, 1.54) is 5.56 Å². The van der Waals surface area contributed by atoms with E-state index in [0.29, 0.717) is 0 Å². The van der Waals surface area contributed by atoms with Crippen LogP contribution in [0.5, 0.6) is 0 Å². The fraction of sp³-hybridized carbons (Fsp3) is 0.0588. The maximum atomic E-state index is 5.80. The molecule has 0 saturated carbocycles. The van der Waals surface area contributed by atoms with Crippen molar-refractivity contribution in [2.24, 2.45) is 0 Å². The van der Waals surface area contributed by atoms with Gasteiger partial charge in [-0.3, -0.25) is 4.98 Å². The van der Waals surface area contributed by atoms with Gasteiger partial charge in [0.15, 0.2) is 0 Å². The lowest BCUT2D eigenvalue weighted by Crippen LogP contribution is -2.02. The number of nitrogens with one attached hydrogen (secondary N) is 1. The SMILES string of the molecule is Nc1cccc(-c2cncc(NCc3ccccc3)n2)c1. The van der Waals surface area contributed by atoms with Gasteiger partial charge < -0.3 is 11.1 Å². The van der Waals surface area contributed by atoms with E-state index in [-0.39, 0.29) is 0 Å². The Morgan fingerprint density at radius 2 is 1.81 bits per heavy atom. The Hall–Kier alpha value is -2.88. The summed E-state index contributed by atoms with van der Waals surface area (Å²) >= 11 is 0. The Labute approximate surface area is 123 Å². The molecule has 0 atom stereocenters. The number of benzene rings is 2. The third-order valence-electron chi connectivity index (χ3n) is 3.13. The summed E-state index contributed by atoms with van der Waals surface area (Å²) in [6.07, 6.45) is 3.46. The summed E-state index contributed by atoms with van der Waals surface area (Å²) in [5.41, 5.74) is 9.50. The van der Waals surface area contributed by atoms with Crippen molar-refractivity contribution in [3.63, 3.8) is 0 Å². The maximum absolute atomic E-state index is 5.80. The number of anilines is 2. The quantitative estimate of drug-likeness (QED) is 0.717. The van der Waals surface area contributed by atoms with Crippen molar-refractivity contribution in [1.29, 1.82) is 0 Å². The largest absolute Gasteiger partial charge is 0.399 e. The van der Waals surface area contributed by atoms with Crippen molar-refractivity contribution in [1.82, 2.24) is 9.97 Å². The van der Waals surface area contributed by atoms with Crippen molar-refractivity contribution in [3.05, 3.63) is 72.6 Å². The molecule has 4 nitrogen and oxygen atoms in total. The molecule has 0 bridgehead atoms. The highest BCUT2D eigenvalue weighted by molar-refractivity contribution is 5.64. The molecule has 0 aliphatic heterocycles. The third kappa shape index (κ3) is 3.36. The molecular weight excluding hydrogens is 260 g/mol. The Bertz CT molecular complexity index is 726. The summed E-state index contributed by atoms with van der Waals surface area (Å²) in [4.78, 5) is 8.81. The number of nitrogen functional groups attached to an aromatic ring is 1. The Morgan fingerprint density at radius 1 is 0.952 bits per heavy atom. The first-order valence-electron chi connectivity index (χ1n) is 6.77. The molecule has 3 aromatic rings. The Kier molecular flexibility index (Phi) is 3.78. The number of hydrogen-bond donors (Lipinski definition) is 2. The first-order chi connectivity index (χ1) is 10.3. The first-order valence-corrected chi connectivity index (χ1v) is 6.77. The van der Waals surface area contributed by atoms with Crippen LogP contribution in [0.3, 0.4) is 0 Å². The van der Waals surface area contributed by atoms with Gasteiger partial charge in [0, 0.05) is 17.8 Å². The summed E-state index contributed by atoms with van der Waals surface area (Å²) in [5, 5.41) is 3.28. The van der Waals surface area contributed by atoms with Gasteiger partial charge in [0.05, 0.1) is 18.1 Å². The van der Waals surface area contributed by atoms with E-state index in [0.717, 1.165) is 29.3 Å². The highest BCUT2D eigenvalue weighted by Gasteiger charge is 2.02. The van der Waals surface area contributed by atoms with Crippen LogP contribution in [0.2, 0.25) is 0 Å². The van der Waals surface area contributed by atoms with Crippen LogP contribution >= 0.6 is 0 Å². The molecule has 2 aromatic carbocycles. The van der Waals surface area contributed by atoms with Crippen molar-refractivity contribution >= 4 is 11.5 Å². The zero-order valence-electron chi connectivity index (χ0n) is 11.5. The second-order valence-electron chi connectivity index (χ2n) is 4.75. The molecule has 1 aromatic heterocycles. The van der Waals surface area contributed by atoms with E-state index in [1.54, 1.807) is 12.4 Å². The standard InChI is InChI=1S/C17H16N4/c18-15-8-4-7-14(9-15)16-11-19-12-17(21-16)20-10-13-5-2-1-3-6-13/h1-9,11-12H,10,18H2,(H,20,21). The minimum Gasteiger partial charge on any atom is -0.399 e. The summed E-state index contributed by atoms with van der Waals surface area (Å²) in [6.45, 7) is 0.718. The lowest BCUT2D eigenvalue weighted by molar-refractivity contribution is 1.09. The lowest BCUT2D eigenvalue weighted by Gasteiger charge is -2.07. The number of nitrogens with zero attached hydrogens (tertiary/aromatic N) is 2. The number of rotatable bonds is 4. The van der Waals surface area contributed by atoms with E-state index in [1.807, 2.05) is 42.5 Å². The van der Waals surface area contributed by atoms with Crippen molar-refractivity contribution < 1.29 is 0 Å². The van der Waals surface area contributed by atoms with E-state index in [2.05, 4.69) is 27.4 Å². The zero-order valence-corrected chi connectivity index (χ0v) is 11.5. The van der Waals surface area contributed by atoms with Crippen LogP contribution in [-0.2, 0) is 6.54 Å². The van der Waals surface area contributed by atoms with Gasteiger partial charge in [0.2, 0.25) is 0 Å². The molecule has 0 spiro atoms. The molecule has 0 aliphatic rings. The molecule has 0 unspecified atom stereocenters. The highest BCUT2D eigenvalue weighted by atomic mass is 15.0. The van der Waals surface area contributed by atoms with Crippen LogP contribution in [0, 0.1) is 0 Å². The van der Waals surface area contributed by atoms with E-state index in [9.17, 15) is 0 Å². The van der Waals surface area contributed by atoms with Gasteiger partial charge in [-0.1, -0.05) is 42.5 Å². The topological polar surface area (TPSA) is 63.8 Å². The smallest absolute Gasteiger partial charge is 0.145 e. The zero-order chi connectivity index (χ0) is 14.5. The van der Waals surface area contributed by atoms with Gasteiger partial charge in [-0.05, 0) is 17.7 Å². The molecule has 1 heterocycles. The van der Waals surface area contributed by atoms with E-state index >= 15 is 0 Å². The maximum Gasteiger partial charge on any atom is 0.145 e. The summed E-state index contributed by atoms with van der Waals surface area (Å²) in [6, 6.07) is 17.8. The van der Waals surface area contributed by atoms with Crippen LogP contribution in [0.1, 0.15) is 5.56 Å². The van der Waals surface area contributed by atoms with Gasteiger partial charge >= 0.3 is 0 Å². The van der Waals surface area contributed by atoms with Crippen LogP contribution in [0.15, 0.2) is 67.0 Å². The average Bonchev–Trinajstić information content (AvgIpc) is 2.54. The lowest BCUT2D eigenvalue weighted by atomic mass is 10.1. The number of nitrogens with two attached hydrogens (primary N) is 1. The fourth-order valence-electron chi connectivity index (χ4n) is 2.08. The number of aromatic nitrogens is 2. The highest BCUT2D eigenvalue weighted by Crippen LogP contribution is 2.20. The van der Waals surface area contributed by atoms with Crippen LogP contribution < -0.4 is 11.1 Å². The van der Waals surface area contributed by atoms with Crippen LogP contribution in [0.25, 0.3) is 11.3 Å². The molecular formula is C17H16N4. The molecule has 0 saturated heterocycles.